The van der Waals surface area contributed by atoms with Crippen molar-refractivity contribution in [3.8, 4) is 0 Å². The summed E-state index contributed by atoms with van der Waals surface area (Å²) >= 11 is 5.69. The van der Waals surface area contributed by atoms with Crippen LogP contribution in [0.2, 0.25) is 0 Å². The molecule has 1 heterocycles. The third-order valence-corrected chi connectivity index (χ3v) is 5.87. The topological polar surface area (TPSA) is 35.0 Å². The molecule has 2 aliphatic carbocycles. The van der Waals surface area contributed by atoms with E-state index in [2.05, 4.69) is 25.4 Å². The highest BCUT2D eigenvalue weighted by atomic mass is 35.5. The van der Waals surface area contributed by atoms with E-state index in [1.165, 1.54) is 56.9 Å². The molecular formula is C20H29ClN2O. The molecule has 0 aromatic carbocycles. The molecule has 132 valence electrons. The summed E-state index contributed by atoms with van der Waals surface area (Å²) in [4.78, 5) is 9.43. The van der Waals surface area contributed by atoms with Crippen molar-refractivity contribution in [1.82, 2.24) is 9.97 Å². The molecule has 1 aromatic heterocycles. The Bertz CT molecular complexity index is 515. The van der Waals surface area contributed by atoms with Crippen LogP contribution in [0.4, 0.5) is 0 Å². The largest absolute Gasteiger partial charge is 0.379 e. The van der Waals surface area contributed by atoms with Crippen LogP contribution in [-0.2, 0) is 4.74 Å². The van der Waals surface area contributed by atoms with Crippen molar-refractivity contribution in [2.24, 2.45) is 5.92 Å². The summed E-state index contributed by atoms with van der Waals surface area (Å²) in [6.45, 7) is 2.91. The van der Waals surface area contributed by atoms with Gasteiger partial charge in [-0.1, -0.05) is 17.7 Å². The Kier molecular flexibility index (Phi) is 6.67. The van der Waals surface area contributed by atoms with Gasteiger partial charge in [0.2, 0.25) is 0 Å². The maximum atomic E-state index is 5.75. The maximum Gasteiger partial charge on any atom is 0.131 e. The van der Waals surface area contributed by atoms with Gasteiger partial charge in [0.25, 0.3) is 0 Å². The van der Waals surface area contributed by atoms with Gasteiger partial charge in [0.15, 0.2) is 0 Å². The molecule has 2 fully saturated rings. The summed E-state index contributed by atoms with van der Waals surface area (Å²) in [6, 6.07) is 0. The second-order valence-electron chi connectivity index (χ2n) is 7.23. The molecule has 3 rings (SSSR count). The smallest absolute Gasteiger partial charge is 0.131 e. The monoisotopic (exact) mass is 348 g/mol. The molecule has 0 aliphatic heterocycles. The highest BCUT2D eigenvalue weighted by Crippen LogP contribution is 2.36. The fourth-order valence-electron chi connectivity index (χ4n) is 4.24. The molecule has 24 heavy (non-hydrogen) atoms. The van der Waals surface area contributed by atoms with Crippen molar-refractivity contribution in [2.45, 2.75) is 76.2 Å². The fourth-order valence-corrected chi connectivity index (χ4v) is 4.45. The van der Waals surface area contributed by atoms with Gasteiger partial charge >= 0.3 is 0 Å². The van der Waals surface area contributed by atoms with E-state index in [4.69, 9.17) is 26.3 Å². The summed E-state index contributed by atoms with van der Waals surface area (Å²) in [6.07, 6.45) is 16.2. The fraction of sp³-hybridized carbons (Fsp3) is 0.700. The lowest BCUT2D eigenvalue weighted by atomic mass is 9.81. The van der Waals surface area contributed by atoms with Gasteiger partial charge in [0.1, 0.15) is 5.82 Å². The predicted octanol–water partition coefficient (Wildman–Crippen LogP) is 5.57. The summed E-state index contributed by atoms with van der Waals surface area (Å²) < 4.78 is 5.75. The van der Waals surface area contributed by atoms with Crippen LogP contribution in [0.5, 0.6) is 0 Å². The van der Waals surface area contributed by atoms with E-state index in [1.807, 2.05) is 0 Å². The number of rotatable bonds is 5. The number of nitrogens with zero attached hydrogens (tertiary/aromatic N) is 2. The Morgan fingerprint density at radius 1 is 1.00 bits per heavy atom. The summed E-state index contributed by atoms with van der Waals surface area (Å²) in [7, 11) is 0. The third kappa shape index (κ3) is 4.58. The zero-order valence-electron chi connectivity index (χ0n) is 14.7. The lowest BCUT2D eigenvalue weighted by Crippen LogP contribution is -2.21. The van der Waals surface area contributed by atoms with Crippen LogP contribution in [0.1, 0.15) is 81.5 Å². The molecule has 3 nitrogen and oxygen atoms in total. The molecule has 2 saturated carbocycles. The Labute approximate surface area is 150 Å². The average Bonchev–Trinajstić information content (AvgIpc) is 2.64. The van der Waals surface area contributed by atoms with Gasteiger partial charge in [0.05, 0.1) is 6.10 Å². The first kappa shape index (κ1) is 17.9. The highest BCUT2D eigenvalue weighted by molar-refractivity contribution is 6.25. The van der Waals surface area contributed by atoms with Crippen molar-refractivity contribution in [3.05, 3.63) is 35.4 Å². The molecule has 2 aliphatic rings. The van der Waals surface area contributed by atoms with Gasteiger partial charge in [0, 0.05) is 30.5 Å². The molecule has 0 spiro atoms. The van der Waals surface area contributed by atoms with Crippen LogP contribution in [0, 0.1) is 5.92 Å². The molecule has 0 N–H and O–H groups in total. The maximum absolute atomic E-state index is 5.75. The van der Waals surface area contributed by atoms with Crippen molar-refractivity contribution < 1.29 is 4.74 Å². The van der Waals surface area contributed by atoms with E-state index >= 15 is 0 Å². The van der Waals surface area contributed by atoms with Gasteiger partial charge in [-0.05, 0) is 75.7 Å². The average molecular weight is 349 g/mol. The molecule has 0 unspecified atom stereocenters. The number of aromatic nitrogens is 2. The molecule has 0 amide bonds. The molecule has 0 bridgehead atoms. The van der Waals surface area contributed by atoms with Gasteiger partial charge in [-0.15, -0.1) is 0 Å². The van der Waals surface area contributed by atoms with Crippen LogP contribution in [0.15, 0.2) is 24.0 Å². The lowest BCUT2D eigenvalue weighted by molar-refractivity contribution is 0.0327. The zero-order valence-corrected chi connectivity index (χ0v) is 15.4. The number of halogens is 1. The van der Waals surface area contributed by atoms with E-state index in [0.29, 0.717) is 23.9 Å². The lowest BCUT2D eigenvalue weighted by Gasteiger charge is -2.29. The van der Waals surface area contributed by atoms with E-state index in [0.717, 1.165) is 12.4 Å². The molecule has 1 aromatic rings. The molecule has 0 atom stereocenters. The molecule has 0 saturated heterocycles. The van der Waals surface area contributed by atoms with Crippen LogP contribution >= 0.6 is 11.6 Å². The van der Waals surface area contributed by atoms with Gasteiger partial charge in [-0.2, -0.15) is 0 Å². The quantitative estimate of drug-likeness (QED) is 0.698. The minimum atomic E-state index is 0.462. The van der Waals surface area contributed by atoms with Crippen LogP contribution in [0.25, 0.3) is 0 Å². The minimum absolute atomic E-state index is 0.462. The van der Waals surface area contributed by atoms with Crippen molar-refractivity contribution >= 4 is 11.6 Å². The first-order chi connectivity index (χ1) is 11.8. The molecular weight excluding hydrogens is 320 g/mol. The predicted molar refractivity (Wildman–Crippen MR) is 98.3 cm³/mol. The van der Waals surface area contributed by atoms with Gasteiger partial charge < -0.3 is 4.74 Å². The molecule has 0 radical (unpaired) electrons. The Morgan fingerprint density at radius 3 is 2.21 bits per heavy atom. The standard InChI is InChI=1S/C20H29ClN2O/c1-2-24-19-9-7-16(8-10-19)18-13-22-20(23-14-18)17-5-3-15(4-6-17)11-12-21/h11-17,19H,2-10H2,1H3/b12-11+. The van der Waals surface area contributed by atoms with Crippen LogP contribution < -0.4 is 0 Å². The van der Waals surface area contributed by atoms with Crippen molar-refractivity contribution in [2.75, 3.05) is 6.61 Å². The van der Waals surface area contributed by atoms with Crippen LogP contribution in [0.3, 0.4) is 0 Å². The SMILES string of the molecule is CCOC1CCC(c2cnc(C3CCC(/C=C/Cl)CC3)nc2)CC1. The number of hydrogen-bond acceptors (Lipinski definition) is 3. The zero-order chi connectivity index (χ0) is 16.8. The van der Waals surface area contributed by atoms with E-state index in [9.17, 15) is 0 Å². The van der Waals surface area contributed by atoms with Gasteiger partial charge in [-0.3, -0.25) is 0 Å². The van der Waals surface area contributed by atoms with E-state index in [-0.39, 0.29) is 0 Å². The molecule has 4 heteroatoms. The first-order valence-electron chi connectivity index (χ1n) is 9.50. The van der Waals surface area contributed by atoms with E-state index in [1.54, 1.807) is 5.54 Å². The number of ether oxygens (including phenoxy) is 1. The third-order valence-electron chi connectivity index (χ3n) is 5.72. The summed E-state index contributed by atoms with van der Waals surface area (Å²) in [5, 5.41) is 0. The van der Waals surface area contributed by atoms with Crippen LogP contribution in [-0.4, -0.2) is 22.7 Å². The Morgan fingerprint density at radius 2 is 1.62 bits per heavy atom. The van der Waals surface area contributed by atoms with Gasteiger partial charge in [-0.25, -0.2) is 9.97 Å². The minimum Gasteiger partial charge on any atom is -0.379 e. The second-order valence-corrected chi connectivity index (χ2v) is 7.49. The van der Waals surface area contributed by atoms with Crippen molar-refractivity contribution in [3.63, 3.8) is 0 Å². The Hall–Kier alpha value is -0.930. The van der Waals surface area contributed by atoms with Crippen molar-refractivity contribution in [1.29, 1.82) is 0 Å². The Balaban J connectivity index is 1.53. The summed E-state index contributed by atoms with van der Waals surface area (Å²) in [5.41, 5.74) is 2.98. The normalized spacial score (nSPS) is 31.4. The van der Waals surface area contributed by atoms with E-state index < -0.39 is 0 Å². The number of hydrogen-bond donors (Lipinski definition) is 0. The second kappa shape index (κ2) is 8.96. The summed E-state index contributed by atoms with van der Waals surface area (Å²) in [5.74, 6) is 2.81. The number of allylic oxidation sites excluding steroid dienone is 1. The first-order valence-corrected chi connectivity index (χ1v) is 9.94. The highest BCUT2D eigenvalue weighted by Gasteiger charge is 2.25.